The van der Waals surface area contributed by atoms with Gasteiger partial charge in [-0.3, -0.25) is 0 Å². The van der Waals surface area contributed by atoms with Crippen LogP contribution in [0.4, 0.5) is 0 Å². The van der Waals surface area contributed by atoms with Gasteiger partial charge in [-0.1, -0.05) is 0 Å². The molecule has 1 fully saturated rings. The molecule has 1 atom stereocenters. The van der Waals surface area contributed by atoms with Crippen LogP contribution in [0.5, 0.6) is 0 Å². The van der Waals surface area contributed by atoms with E-state index in [0.717, 1.165) is 12.8 Å². The van der Waals surface area contributed by atoms with Crippen molar-refractivity contribution >= 4 is 10.0 Å². The van der Waals surface area contributed by atoms with Crippen molar-refractivity contribution in [1.82, 2.24) is 8.87 Å². The zero-order chi connectivity index (χ0) is 12.6. The second kappa shape index (κ2) is 4.44. The second-order valence-electron chi connectivity index (χ2n) is 4.54. The normalized spacial score (nSPS) is 22.2. The van der Waals surface area contributed by atoms with E-state index >= 15 is 0 Å². The average Bonchev–Trinajstić information content (AvgIpc) is 2.84. The van der Waals surface area contributed by atoms with E-state index in [-0.39, 0.29) is 17.5 Å². The highest BCUT2D eigenvalue weighted by atomic mass is 32.2. The molecule has 1 aliphatic rings. The molecule has 0 aliphatic carbocycles. The van der Waals surface area contributed by atoms with Crippen LogP contribution < -0.4 is 0 Å². The first kappa shape index (κ1) is 12.6. The molecule has 1 saturated heterocycles. The van der Waals surface area contributed by atoms with Crippen molar-refractivity contribution in [3.63, 3.8) is 0 Å². The first-order chi connectivity index (χ1) is 7.96. The molecule has 2 heterocycles. The number of aliphatic hydroxyl groups is 1. The molecule has 1 aliphatic heterocycles. The van der Waals surface area contributed by atoms with Crippen LogP contribution >= 0.6 is 0 Å². The van der Waals surface area contributed by atoms with Gasteiger partial charge >= 0.3 is 0 Å². The van der Waals surface area contributed by atoms with E-state index in [2.05, 4.69) is 0 Å². The molecule has 1 aromatic heterocycles. The number of hydrogen-bond acceptors (Lipinski definition) is 3. The maximum absolute atomic E-state index is 12.4. The maximum atomic E-state index is 12.4. The van der Waals surface area contributed by atoms with Crippen molar-refractivity contribution in [3.8, 4) is 0 Å². The van der Waals surface area contributed by atoms with E-state index < -0.39 is 10.0 Å². The summed E-state index contributed by atoms with van der Waals surface area (Å²) < 4.78 is 27.9. The van der Waals surface area contributed by atoms with Crippen molar-refractivity contribution in [2.75, 3.05) is 6.54 Å². The molecule has 0 spiro atoms. The van der Waals surface area contributed by atoms with Gasteiger partial charge in [-0.2, -0.15) is 4.31 Å². The highest BCUT2D eigenvalue weighted by Crippen LogP contribution is 2.26. The van der Waals surface area contributed by atoms with Gasteiger partial charge in [0.2, 0.25) is 10.0 Å². The summed E-state index contributed by atoms with van der Waals surface area (Å²) in [6.07, 6.45) is 3.39. The lowest BCUT2D eigenvalue weighted by atomic mass is 10.3. The number of aromatic nitrogens is 1. The first-order valence-corrected chi connectivity index (χ1v) is 7.18. The quantitative estimate of drug-likeness (QED) is 0.867. The lowest BCUT2D eigenvalue weighted by Crippen LogP contribution is -2.33. The molecule has 6 heteroatoms. The van der Waals surface area contributed by atoms with Gasteiger partial charge in [-0.25, -0.2) is 8.42 Å². The molecular weight excluding hydrogens is 240 g/mol. The lowest BCUT2D eigenvalue weighted by molar-refractivity contribution is 0.272. The molecule has 2 rings (SSSR count). The van der Waals surface area contributed by atoms with E-state index in [1.807, 2.05) is 6.92 Å². The van der Waals surface area contributed by atoms with Crippen LogP contribution in [0.1, 0.15) is 25.5 Å². The van der Waals surface area contributed by atoms with Gasteiger partial charge in [0.1, 0.15) is 4.90 Å². The number of rotatable bonds is 3. The van der Waals surface area contributed by atoms with Crippen molar-refractivity contribution in [1.29, 1.82) is 0 Å². The van der Waals surface area contributed by atoms with Crippen LogP contribution in [-0.2, 0) is 23.7 Å². The Morgan fingerprint density at radius 3 is 2.71 bits per heavy atom. The standard InChI is InChI=1S/C11H18N2O3S/c1-9-4-3-5-13(9)17(15,16)11-6-10(8-14)12(2)7-11/h6-7,9,14H,3-5,8H2,1-2H3. The summed E-state index contributed by atoms with van der Waals surface area (Å²) in [7, 11) is -1.66. The van der Waals surface area contributed by atoms with Crippen LogP contribution in [0.2, 0.25) is 0 Å². The van der Waals surface area contributed by atoms with Crippen LogP contribution in [0, 0.1) is 0 Å². The molecule has 96 valence electrons. The minimum absolute atomic E-state index is 0.0674. The fourth-order valence-electron chi connectivity index (χ4n) is 2.27. The van der Waals surface area contributed by atoms with Crippen molar-refractivity contribution < 1.29 is 13.5 Å². The molecule has 17 heavy (non-hydrogen) atoms. The van der Waals surface area contributed by atoms with E-state index in [9.17, 15) is 8.42 Å². The van der Waals surface area contributed by atoms with Gasteiger partial charge in [0, 0.05) is 31.5 Å². The van der Waals surface area contributed by atoms with E-state index in [1.165, 1.54) is 0 Å². The fraction of sp³-hybridized carbons (Fsp3) is 0.636. The predicted octanol–water partition coefficient (Wildman–Crippen LogP) is 0.690. The van der Waals surface area contributed by atoms with Gasteiger partial charge in [0.05, 0.1) is 6.61 Å². The van der Waals surface area contributed by atoms with E-state index in [1.54, 1.807) is 28.2 Å². The van der Waals surface area contributed by atoms with E-state index in [0.29, 0.717) is 12.2 Å². The summed E-state index contributed by atoms with van der Waals surface area (Å²) in [4.78, 5) is 0.276. The maximum Gasteiger partial charge on any atom is 0.244 e. The smallest absolute Gasteiger partial charge is 0.244 e. The molecular formula is C11H18N2O3S. The Kier molecular flexibility index (Phi) is 3.29. The second-order valence-corrected chi connectivity index (χ2v) is 6.43. The molecule has 0 saturated carbocycles. The van der Waals surface area contributed by atoms with Crippen LogP contribution in [0.3, 0.4) is 0 Å². The Hall–Kier alpha value is -0.850. The summed E-state index contributed by atoms with van der Waals surface area (Å²) in [6, 6.07) is 1.61. The summed E-state index contributed by atoms with van der Waals surface area (Å²) in [5.74, 6) is 0. The highest BCUT2D eigenvalue weighted by Gasteiger charge is 2.33. The Morgan fingerprint density at radius 2 is 2.24 bits per heavy atom. The zero-order valence-corrected chi connectivity index (χ0v) is 10.9. The topological polar surface area (TPSA) is 62.5 Å². The minimum Gasteiger partial charge on any atom is -0.390 e. The molecule has 0 radical (unpaired) electrons. The molecule has 0 aromatic carbocycles. The molecule has 5 nitrogen and oxygen atoms in total. The largest absolute Gasteiger partial charge is 0.390 e. The van der Waals surface area contributed by atoms with Crippen LogP contribution in [0.25, 0.3) is 0 Å². The van der Waals surface area contributed by atoms with Gasteiger partial charge in [0.25, 0.3) is 0 Å². The number of aliphatic hydroxyl groups excluding tert-OH is 1. The Balaban J connectivity index is 2.37. The molecule has 1 unspecified atom stereocenters. The summed E-state index contributed by atoms with van der Waals surface area (Å²) in [5.41, 5.74) is 0.607. The summed E-state index contributed by atoms with van der Waals surface area (Å²) >= 11 is 0. The highest BCUT2D eigenvalue weighted by molar-refractivity contribution is 7.89. The van der Waals surface area contributed by atoms with Crippen LogP contribution in [-0.4, -0.2) is 35.0 Å². The van der Waals surface area contributed by atoms with Gasteiger partial charge in [0.15, 0.2) is 0 Å². The first-order valence-electron chi connectivity index (χ1n) is 5.74. The minimum atomic E-state index is -3.40. The lowest BCUT2D eigenvalue weighted by Gasteiger charge is -2.19. The predicted molar refractivity (Wildman–Crippen MR) is 63.9 cm³/mol. The Morgan fingerprint density at radius 1 is 1.53 bits per heavy atom. The number of nitrogens with zero attached hydrogens (tertiary/aromatic N) is 2. The number of sulfonamides is 1. The third-order valence-corrected chi connectivity index (χ3v) is 5.32. The molecule has 1 N–H and O–H groups in total. The Labute approximate surface area is 102 Å². The number of aryl methyl sites for hydroxylation is 1. The third-order valence-electron chi connectivity index (χ3n) is 3.34. The van der Waals surface area contributed by atoms with Crippen molar-refractivity contribution in [3.05, 3.63) is 18.0 Å². The summed E-state index contributed by atoms with van der Waals surface area (Å²) in [6.45, 7) is 2.37. The zero-order valence-electron chi connectivity index (χ0n) is 10.1. The van der Waals surface area contributed by atoms with Gasteiger partial charge < -0.3 is 9.67 Å². The Bertz CT molecular complexity index is 507. The molecule has 0 bridgehead atoms. The third kappa shape index (κ3) is 2.12. The van der Waals surface area contributed by atoms with Gasteiger partial charge in [-0.05, 0) is 25.8 Å². The van der Waals surface area contributed by atoms with Crippen molar-refractivity contribution in [2.45, 2.75) is 37.3 Å². The monoisotopic (exact) mass is 258 g/mol. The molecule has 1 aromatic rings. The average molecular weight is 258 g/mol. The fourth-order valence-corrected chi connectivity index (χ4v) is 4.07. The SMILES string of the molecule is CC1CCCN1S(=O)(=O)c1cc(CO)n(C)c1. The van der Waals surface area contributed by atoms with Crippen LogP contribution in [0.15, 0.2) is 17.2 Å². The molecule has 0 amide bonds. The summed E-state index contributed by atoms with van der Waals surface area (Å²) in [5, 5.41) is 9.09. The number of hydrogen-bond donors (Lipinski definition) is 1. The van der Waals surface area contributed by atoms with E-state index in [4.69, 9.17) is 5.11 Å². The van der Waals surface area contributed by atoms with Gasteiger partial charge in [-0.15, -0.1) is 0 Å². The van der Waals surface area contributed by atoms with Crippen molar-refractivity contribution in [2.24, 2.45) is 7.05 Å².